The van der Waals surface area contributed by atoms with E-state index in [1.165, 1.54) is 0 Å². The Morgan fingerprint density at radius 2 is 1.93 bits per heavy atom. The number of likely N-dealkylation sites (N-methyl/N-ethyl adjacent to an activating group) is 1. The van der Waals surface area contributed by atoms with E-state index in [1.54, 1.807) is 18.3 Å². The van der Waals surface area contributed by atoms with Crippen LogP contribution in [-0.4, -0.2) is 47.7 Å². The first-order valence-corrected chi connectivity index (χ1v) is 9.34. The van der Waals surface area contributed by atoms with Crippen LogP contribution in [-0.2, 0) is 4.84 Å². The molecule has 0 atom stereocenters. The lowest BCUT2D eigenvalue weighted by Gasteiger charge is -2.16. The predicted molar refractivity (Wildman–Crippen MR) is 110 cm³/mol. The van der Waals surface area contributed by atoms with Crippen LogP contribution in [0.15, 0.2) is 47.8 Å². The van der Waals surface area contributed by atoms with E-state index >= 15 is 0 Å². The highest BCUT2D eigenvalue weighted by molar-refractivity contribution is 6.33. The van der Waals surface area contributed by atoms with Crippen LogP contribution < -0.4 is 5.32 Å². The fraction of sp³-hybridized carbons (Fsp3) is 0.350. The monoisotopic (exact) mass is 388 g/mol. The van der Waals surface area contributed by atoms with Crippen molar-refractivity contribution in [1.29, 1.82) is 0 Å². The van der Waals surface area contributed by atoms with Gasteiger partial charge in [-0.1, -0.05) is 42.7 Å². The minimum Gasteiger partial charge on any atom is -0.394 e. The molecule has 1 N–H and O–H groups in total. The average molecular weight is 389 g/mol. The number of hydrogen-bond acceptors (Lipinski definition) is 5. The summed E-state index contributed by atoms with van der Waals surface area (Å²) in [6, 6.07) is 10.7. The highest BCUT2D eigenvalue weighted by atomic mass is 35.5. The zero-order chi connectivity index (χ0) is 19.6. The van der Waals surface area contributed by atoms with E-state index in [2.05, 4.69) is 34.2 Å². The summed E-state index contributed by atoms with van der Waals surface area (Å²) in [5.74, 6) is -0.300. The van der Waals surface area contributed by atoms with Crippen molar-refractivity contribution in [3.05, 3.63) is 58.9 Å². The number of nitrogens with one attached hydrogen (secondary N) is 1. The number of nitrogens with zero attached hydrogens (tertiary/aromatic N) is 3. The van der Waals surface area contributed by atoms with Crippen molar-refractivity contribution in [2.45, 2.75) is 20.8 Å². The summed E-state index contributed by atoms with van der Waals surface area (Å²) in [6.07, 6.45) is 1.54. The number of anilines is 1. The van der Waals surface area contributed by atoms with Gasteiger partial charge in [0.2, 0.25) is 0 Å². The van der Waals surface area contributed by atoms with Gasteiger partial charge in [0.25, 0.3) is 5.91 Å². The van der Waals surface area contributed by atoms with Gasteiger partial charge in [0.15, 0.2) is 0 Å². The Labute approximate surface area is 165 Å². The van der Waals surface area contributed by atoms with E-state index < -0.39 is 0 Å². The molecule has 7 heteroatoms. The van der Waals surface area contributed by atoms with Crippen LogP contribution in [0.2, 0.25) is 5.15 Å². The molecule has 0 radical (unpaired) electrons. The predicted octanol–water partition coefficient (Wildman–Crippen LogP) is 4.07. The second-order valence-electron chi connectivity index (χ2n) is 5.91. The third-order valence-electron chi connectivity index (χ3n) is 4.16. The van der Waals surface area contributed by atoms with Crippen molar-refractivity contribution in [3.63, 3.8) is 0 Å². The van der Waals surface area contributed by atoms with Gasteiger partial charge >= 0.3 is 0 Å². The molecule has 144 valence electrons. The number of carbonyl (C=O) groups excluding carboxylic acids is 1. The molecular weight excluding hydrogens is 364 g/mol. The van der Waals surface area contributed by atoms with Gasteiger partial charge in [-0.05, 0) is 49.8 Å². The Hall–Kier alpha value is -2.44. The van der Waals surface area contributed by atoms with E-state index in [0.717, 1.165) is 30.9 Å². The van der Waals surface area contributed by atoms with Crippen LogP contribution in [0.1, 0.15) is 36.7 Å². The van der Waals surface area contributed by atoms with Gasteiger partial charge < -0.3 is 15.1 Å². The van der Waals surface area contributed by atoms with Gasteiger partial charge in [0.1, 0.15) is 11.8 Å². The molecule has 0 aliphatic heterocycles. The average Bonchev–Trinajstić information content (AvgIpc) is 2.68. The highest BCUT2D eigenvalue weighted by Crippen LogP contribution is 2.16. The third-order valence-corrected chi connectivity index (χ3v) is 4.46. The van der Waals surface area contributed by atoms with E-state index in [0.29, 0.717) is 17.9 Å². The summed E-state index contributed by atoms with van der Waals surface area (Å²) in [7, 11) is 0. The quantitative estimate of drug-likeness (QED) is 0.304. The lowest BCUT2D eigenvalue weighted by molar-refractivity contribution is 0.102. The topological polar surface area (TPSA) is 66.8 Å². The number of rotatable bonds is 9. The molecule has 1 aromatic carbocycles. The van der Waals surface area contributed by atoms with Crippen LogP contribution >= 0.6 is 11.6 Å². The molecule has 0 unspecified atom stereocenters. The van der Waals surface area contributed by atoms with Crippen LogP contribution in [0.4, 0.5) is 5.69 Å². The maximum atomic E-state index is 12.2. The van der Waals surface area contributed by atoms with E-state index in [9.17, 15) is 4.79 Å². The molecule has 27 heavy (non-hydrogen) atoms. The van der Waals surface area contributed by atoms with Gasteiger partial charge in [-0.3, -0.25) is 4.79 Å². The molecule has 2 aromatic rings. The lowest BCUT2D eigenvalue weighted by Crippen LogP contribution is -2.26. The van der Waals surface area contributed by atoms with Crippen LogP contribution in [0.25, 0.3) is 0 Å². The molecule has 0 fully saturated rings. The Morgan fingerprint density at radius 3 is 2.56 bits per heavy atom. The maximum Gasteiger partial charge on any atom is 0.258 e. The summed E-state index contributed by atoms with van der Waals surface area (Å²) in [4.78, 5) is 23.8. The number of halogens is 1. The Morgan fingerprint density at radius 1 is 1.22 bits per heavy atom. The molecule has 6 nitrogen and oxygen atoms in total. The zero-order valence-corrected chi connectivity index (χ0v) is 16.7. The van der Waals surface area contributed by atoms with Crippen molar-refractivity contribution in [2.24, 2.45) is 5.16 Å². The number of aromatic nitrogens is 1. The molecule has 0 aliphatic carbocycles. The Kier molecular flexibility index (Phi) is 8.23. The van der Waals surface area contributed by atoms with E-state index in [1.807, 2.05) is 31.2 Å². The first-order chi connectivity index (χ1) is 13.0. The molecule has 0 spiro atoms. The summed E-state index contributed by atoms with van der Waals surface area (Å²) in [6.45, 7) is 9.55. The molecule has 0 saturated heterocycles. The summed E-state index contributed by atoms with van der Waals surface area (Å²) >= 11 is 5.95. The molecular formula is C20H25ClN4O2. The van der Waals surface area contributed by atoms with Crippen molar-refractivity contribution >= 4 is 28.9 Å². The van der Waals surface area contributed by atoms with Gasteiger partial charge in [-0.15, -0.1) is 0 Å². The fourth-order valence-corrected chi connectivity index (χ4v) is 2.66. The minimum atomic E-state index is -0.300. The van der Waals surface area contributed by atoms with E-state index in [4.69, 9.17) is 16.4 Å². The van der Waals surface area contributed by atoms with Gasteiger partial charge in [0.05, 0.1) is 11.3 Å². The molecule has 1 amide bonds. The first-order valence-electron chi connectivity index (χ1n) is 8.96. The fourth-order valence-electron chi connectivity index (χ4n) is 2.45. The molecule has 2 rings (SSSR count). The van der Waals surface area contributed by atoms with Gasteiger partial charge in [-0.2, -0.15) is 0 Å². The largest absolute Gasteiger partial charge is 0.394 e. The summed E-state index contributed by atoms with van der Waals surface area (Å²) in [5, 5.41) is 7.14. The van der Waals surface area contributed by atoms with Crippen LogP contribution in [0.5, 0.6) is 0 Å². The standard InChI is InChI=1S/C20H25ClN4O2/c1-4-25(5-2)13-14-27-24-15(3)16-8-10-17(11-9-16)23-20(26)18-7-6-12-22-19(18)21/h6-12H,4-5,13-14H2,1-3H3,(H,23,26). The first kappa shape index (κ1) is 20.9. The van der Waals surface area contributed by atoms with Gasteiger partial charge in [0, 0.05) is 18.4 Å². The maximum absolute atomic E-state index is 12.2. The highest BCUT2D eigenvalue weighted by Gasteiger charge is 2.11. The van der Waals surface area contributed by atoms with Crippen molar-refractivity contribution in [2.75, 3.05) is 31.6 Å². The normalized spacial score (nSPS) is 11.5. The Bertz CT molecular complexity index is 774. The second kappa shape index (κ2) is 10.6. The molecule has 0 aliphatic rings. The molecule has 0 saturated carbocycles. The second-order valence-corrected chi connectivity index (χ2v) is 6.27. The van der Waals surface area contributed by atoms with Gasteiger partial charge in [-0.25, -0.2) is 4.98 Å². The third kappa shape index (κ3) is 6.34. The number of hydrogen-bond donors (Lipinski definition) is 1. The smallest absolute Gasteiger partial charge is 0.258 e. The van der Waals surface area contributed by atoms with Crippen LogP contribution in [0.3, 0.4) is 0 Å². The SMILES string of the molecule is CCN(CC)CCON=C(C)c1ccc(NC(=O)c2cccnc2Cl)cc1. The lowest BCUT2D eigenvalue weighted by atomic mass is 10.1. The number of pyridine rings is 1. The Balaban J connectivity index is 1.91. The van der Waals surface area contributed by atoms with Crippen molar-refractivity contribution in [1.82, 2.24) is 9.88 Å². The molecule has 1 aromatic heterocycles. The molecule has 0 bridgehead atoms. The summed E-state index contributed by atoms with van der Waals surface area (Å²) in [5.41, 5.74) is 2.71. The van der Waals surface area contributed by atoms with E-state index in [-0.39, 0.29) is 11.1 Å². The molecule has 1 heterocycles. The van der Waals surface area contributed by atoms with Crippen molar-refractivity contribution in [3.8, 4) is 0 Å². The van der Waals surface area contributed by atoms with Crippen LogP contribution in [0, 0.1) is 0 Å². The zero-order valence-electron chi connectivity index (χ0n) is 15.9. The number of benzene rings is 1. The number of carbonyl (C=O) groups is 1. The minimum absolute atomic E-state index is 0.177. The summed E-state index contributed by atoms with van der Waals surface area (Å²) < 4.78 is 0. The van der Waals surface area contributed by atoms with Crippen molar-refractivity contribution < 1.29 is 9.63 Å². The number of oxime groups is 1. The number of amides is 1.